The fourth-order valence-electron chi connectivity index (χ4n) is 4.18. The van der Waals surface area contributed by atoms with Gasteiger partial charge in [-0.1, -0.05) is 34.1 Å². The Balaban J connectivity index is 1.68. The van der Waals surface area contributed by atoms with E-state index < -0.39 is 10.0 Å². The van der Waals surface area contributed by atoms with Gasteiger partial charge in [0.2, 0.25) is 15.9 Å². The van der Waals surface area contributed by atoms with E-state index in [-0.39, 0.29) is 11.8 Å². The van der Waals surface area contributed by atoms with Gasteiger partial charge in [-0.05, 0) is 81.3 Å². The van der Waals surface area contributed by atoms with Gasteiger partial charge >= 0.3 is 0 Å². The maximum atomic E-state index is 13.5. The summed E-state index contributed by atoms with van der Waals surface area (Å²) in [5.74, 6) is -0.443. The van der Waals surface area contributed by atoms with Crippen LogP contribution in [0.3, 0.4) is 0 Å². The van der Waals surface area contributed by atoms with E-state index in [2.05, 4.69) is 26.5 Å². The summed E-state index contributed by atoms with van der Waals surface area (Å²) in [6.45, 7) is 10.4. The highest BCUT2D eigenvalue weighted by Gasteiger charge is 2.34. The smallest absolute Gasteiger partial charge is 0.243 e. The lowest BCUT2D eigenvalue weighted by molar-refractivity contribution is -0.126. The average Bonchev–Trinajstić information content (AvgIpc) is 2.77. The average molecular weight is 520 g/mol. The summed E-state index contributed by atoms with van der Waals surface area (Å²) in [7, 11) is -3.63. The van der Waals surface area contributed by atoms with Crippen molar-refractivity contribution < 1.29 is 13.2 Å². The standard InChI is InChI=1S/C24H30BrN3O3S/c1-15-16(2)18(4)23(19(5)17(15)3)32(30,31)28-12-10-20(11-13-28)24(29)27-26-14-21-8-6-7-9-22(21)25/h6-9,14,20H,10-13H2,1-5H3,(H,27,29). The minimum atomic E-state index is -3.63. The second-order valence-electron chi connectivity index (χ2n) is 8.39. The maximum Gasteiger partial charge on any atom is 0.243 e. The molecule has 172 valence electrons. The summed E-state index contributed by atoms with van der Waals surface area (Å²) in [5, 5.41) is 4.06. The number of rotatable bonds is 5. The summed E-state index contributed by atoms with van der Waals surface area (Å²) in [5.41, 5.74) is 8.25. The molecule has 0 radical (unpaired) electrons. The number of benzene rings is 2. The van der Waals surface area contributed by atoms with Gasteiger partial charge in [0.15, 0.2) is 0 Å². The molecule has 0 aromatic heterocycles. The predicted molar refractivity (Wildman–Crippen MR) is 131 cm³/mol. The first kappa shape index (κ1) is 24.6. The van der Waals surface area contributed by atoms with Crippen molar-refractivity contribution in [3.05, 3.63) is 62.1 Å². The highest BCUT2D eigenvalue weighted by molar-refractivity contribution is 9.10. The monoisotopic (exact) mass is 519 g/mol. The van der Waals surface area contributed by atoms with Gasteiger partial charge in [0.05, 0.1) is 11.1 Å². The van der Waals surface area contributed by atoms with Gasteiger partial charge in [-0.3, -0.25) is 4.79 Å². The normalized spacial score (nSPS) is 15.9. The fourth-order valence-corrected chi connectivity index (χ4v) is 6.59. The van der Waals surface area contributed by atoms with E-state index >= 15 is 0 Å². The van der Waals surface area contributed by atoms with Gasteiger partial charge in [0, 0.05) is 29.0 Å². The molecule has 2 aromatic carbocycles. The molecule has 2 aromatic rings. The van der Waals surface area contributed by atoms with Gasteiger partial charge < -0.3 is 0 Å². The topological polar surface area (TPSA) is 78.8 Å². The molecule has 8 heteroatoms. The van der Waals surface area contributed by atoms with Crippen molar-refractivity contribution in [2.75, 3.05) is 13.1 Å². The van der Waals surface area contributed by atoms with Crippen molar-refractivity contribution in [1.29, 1.82) is 0 Å². The van der Waals surface area contributed by atoms with Crippen LogP contribution in [0, 0.1) is 40.5 Å². The van der Waals surface area contributed by atoms with E-state index in [9.17, 15) is 13.2 Å². The molecule has 0 atom stereocenters. The molecular weight excluding hydrogens is 490 g/mol. The molecule has 1 heterocycles. The lowest BCUT2D eigenvalue weighted by Gasteiger charge is -2.31. The second kappa shape index (κ2) is 9.85. The summed E-state index contributed by atoms with van der Waals surface area (Å²) >= 11 is 3.44. The summed E-state index contributed by atoms with van der Waals surface area (Å²) in [6.07, 6.45) is 2.53. The van der Waals surface area contributed by atoms with Gasteiger partial charge in [-0.2, -0.15) is 9.41 Å². The highest BCUT2D eigenvalue weighted by atomic mass is 79.9. The van der Waals surface area contributed by atoms with Crippen LogP contribution < -0.4 is 5.43 Å². The molecule has 1 N–H and O–H groups in total. The third-order valence-electron chi connectivity index (χ3n) is 6.64. The Hall–Kier alpha value is -2.03. The molecule has 0 saturated carbocycles. The van der Waals surface area contributed by atoms with E-state index in [1.165, 1.54) is 4.31 Å². The Bertz CT molecular complexity index is 1140. The molecule has 0 spiro atoms. The van der Waals surface area contributed by atoms with Crippen molar-refractivity contribution in [1.82, 2.24) is 9.73 Å². The number of halogens is 1. The lowest BCUT2D eigenvalue weighted by atomic mass is 9.95. The number of hydrogen-bond acceptors (Lipinski definition) is 4. The molecule has 0 aliphatic carbocycles. The zero-order chi connectivity index (χ0) is 23.6. The summed E-state index contributed by atoms with van der Waals surface area (Å²) < 4.78 is 29.4. The zero-order valence-corrected chi connectivity index (χ0v) is 21.6. The van der Waals surface area contributed by atoms with Crippen LogP contribution in [0.4, 0.5) is 0 Å². The van der Waals surface area contributed by atoms with Crippen LogP contribution in [0.15, 0.2) is 38.7 Å². The summed E-state index contributed by atoms with van der Waals surface area (Å²) in [4.78, 5) is 12.9. The van der Waals surface area contributed by atoms with Crippen molar-refractivity contribution in [2.45, 2.75) is 52.4 Å². The quantitative estimate of drug-likeness (QED) is 0.465. The summed E-state index contributed by atoms with van der Waals surface area (Å²) in [6, 6.07) is 7.59. The van der Waals surface area contributed by atoms with Gasteiger partial charge in [0.1, 0.15) is 0 Å². The minimum absolute atomic E-state index is 0.181. The minimum Gasteiger partial charge on any atom is -0.273 e. The molecule has 6 nitrogen and oxygen atoms in total. The molecule has 3 rings (SSSR count). The lowest BCUT2D eigenvalue weighted by Crippen LogP contribution is -2.42. The number of piperidine rings is 1. The highest BCUT2D eigenvalue weighted by Crippen LogP contribution is 2.33. The van der Waals surface area contributed by atoms with Crippen molar-refractivity contribution in [2.24, 2.45) is 11.0 Å². The second-order valence-corrected chi connectivity index (χ2v) is 11.1. The van der Waals surface area contributed by atoms with Crippen molar-refractivity contribution in [3.8, 4) is 0 Å². The third kappa shape index (κ3) is 4.82. The van der Waals surface area contributed by atoms with Crippen molar-refractivity contribution >= 4 is 38.1 Å². The van der Waals surface area contributed by atoms with E-state index in [1.807, 2.05) is 58.9 Å². The van der Waals surface area contributed by atoms with Crippen LogP contribution in [0.25, 0.3) is 0 Å². The molecule has 1 aliphatic heterocycles. The predicted octanol–water partition coefficient (Wildman–Crippen LogP) is 4.54. The van der Waals surface area contributed by atoms with Crippen LogP contribution in [-0.2, 0) is 14.8 Å². The molecule has 1 aliphatic rings. The first-order valence-corrected chi connectivity index (χ1v) is 12.9. The van der Waals surface area contributed by atoms with Crippen molar-refractivity contribution in [3.63, 3.8) is 0 Å². The molecule has 0 bridgehead atoms. The van der Waals surface area contributed by atoms with E-state index in [0.29, 0.717) is 30.8 Å². The van der Waals surface area contributed by atoms with Crippen LogP contribution in [0.1, 0.15) is 46.2 Å². The molecule has 1 fully saturated rings. The molecule has 0 unspecified atom stereocenters. The first-order chi connectivity index (χ1) is 15.1. The number of nitrogens with zero attached hydrogens (tertiary/aromatic N) is 2. The van der Waals surface area contributed by atoms with Gasteiger partial charge in [0.25, 0.3) is 0 Å². The number of sulfonamides is 1. The number of carbonyl (C=O) groups excluding carboxylic acids is 1. The van der Waals surface area contributed by atoms with Crippen LogP contribution in [0.5, 0.6) is 0 Å². The Labute approximate surface area is 199 Å². The third-order valence-corrected chi connectivity index (χ3v) is 9.53. The first-order valence-electron chi connectivity index (χ1n) is 10.7. The zero-order valence-electron chi connectivity index (χ0n) is 19.2. The van der Waals surface area contributed by atoms with Gasteiger partial charge in [-0.15, -0.1) is 0 Å². The van der Waals surface area contributed by atoms with E-state index in [0.717, 1.165) is 37.9 Å². The number of carbonyl (C=O) groups is 1. The van der Waals surface area contributed by atoms with Crippen LogP contribution in [0.2, 0.25) is 0 Å². The fraction of sp³-hybridized carbons (Fsp3) is 0.417. The number of nitrogens with one attached hydrogen (secondary N) is 1. The molecule has 1 amide bonds. The Morgan fingerprint density at radius 3 is 2.09 bits per heavy atom. The number of hydrazone groups is 1. The van der Waals surface area contributed by atoms with Crippen LogP contribution >= 0.6 is 15.9 Å². The SMILES string of the molecule is Cc1c(C)c(C)c(S(=O)(=O)N2CCC(C(=O)NN=Cc3ccccc3Br)CC2)c(C)c1C. The molecule has 32 heavy (non-hydrogen) atoms. The maximum absolute atomic E-state index is 13.5. The molecular formula is C24H30BrN3O3S. The van der Waals surface area contributed by atoms with E-state index in [1.54, 1.807) is 6.21 Å². The largest absolute Gasteiger partial charge is 0.273 e. The molecule has 1 saturated heterocycles. The number of amides is 1. The number of hydrogen-bond donors (Lipinski definition) is 1. The Morgan fingerprint density at radius 1 is 1.00 bits per heavy atom. The van der Waals surface area contributed by atoms with E-state index in [4.69, 9.17) is 0 Å². The Kier molecular flexibility index (Phi) is 7.57. The van der Waals surface area contributed by atoms with Crippen LogP contribution in [-0.4, -0.2) is 37.9 Å². The Morgan fingerprint density at radius 2 is 1.53 bits per heavy atom. The van der Waals surface area contributed by atoms with Gasteiger partial charge in [-0.25, -0.2) is 13.8 Å².